The van der Waals surface area contributed by atoms with Gasteiger partial charge >= 0.3 is 5.97 Å². The van der Waals surface area contributed by atoms with E-state index in [4.69, 9.17) is 9.47 Å². The van der Waals surface area contributed by atoms with E-state index in [1.54, 1.807) is 7.11 Å². The van der Waals surface area contributed by atoms with Crippen LogP contribution in [0.4, 0.5) is 0 Å². The average molecular weight is 286 g/mol. The van der Waals surface area contributed by atoms with Gasteiger partial charge in [-0.15, -0.1) is 0 Å². The van der Waals surface area contributed by atoms with Crippen molar-refractivity contribution in [3.05, 3.63) is 0 Å². The summed E-state index contributed by atoms with van der Waals surface area (Å²) in [6, 6.07) is 0.489. The maximum atomic E-state index is 12.2. The Labute approximate surface area is 123 Å². The predicted octanol–water partition coefficient (Wildman–Crippen LogP) is 1.42. The number of hydrogen-bond donors (Lipinski definition) is 1. The second-order valence-corrected chi connectivity index (χ2v) is 5.87. The van der Waals surface area contributed by atoms with Crippen LogP contribution in [0.2, 0.25) is 0 Å². The highest BCUT2D eigenvalue weighted by molar-refractivity contribution is 5.80. The molecule has 0 radical (unpaired) electrons. The summed E-state index contributed by atoms with van der Waals surface area (Å²) in [6.07, 6.45) is 4.11. The van der Waals surface area contributed by atoms with Crippen LogP contribution in [0.1, 0.15) is 39.5 Å². The number of nitrogens with zero attached hydrogens (tertiary/aromatic N) is 1. The Morgan fingerprint density at radius 3 is 2.65 bits per heavy atom. The van der Waals surface area contributed by atoms with Gasteiger partial charge in [0.1, 0.15) is 5.54 Å². The third-order valence-electron chi connectivity index (χ3n) is 3.71. The first-order valence-corrected chi connectivity index (χ1v) is 7.64. The number of nitrogens with one attached hydrogen (secondary N) is 1. The fourth-order valence-corrected chi connectivity index (χ4v) is 2.21. The molecule has 0 aromatic rings. The maximum absolute atomic E-state index is 12.2. The fraction of sp³-hybridized carbons (Fsp3) is 0.933. The molecule has 1 saturated carbocycles. The number of ether oxygens (including phenoxy) is 2. The first-order valence-electron chi connectivity index (χ1n) is 7.64. The van der Waals surface area contributed by atoms with Crippen LogP contribution >= 0.6 is 0 Å². The highest BCUT2D eigenvalue weighted by Crippen LogP contribution is 2.25. The molecule has 0 aliphatic heterocycles. The van der Waals surface area contributed by atoms with E-state index < -0.39 is 5.54 Å². The molecular weight excluding hydrogens is 256 g/mol. The molecule has 0 heterocycles. The van der Waals surface area contributed by atoms with E-state index in [2.05, 4.69) is 17.3 Å². The molecule has 0 spiro atoms. The van der Waals surface area contributed by atoms with Crippen LogP contribution in [0.25, 0.3) is 0 Å². The molecule has 0 aromatic heterocycles. The molecule has 1 N–H and O–H groups in total. The summed E-state index contributed by atoms with van der Waals surface area (Å²) < 4.78 is 10.3. The number of esters is 1. The van der Waals surface area contributed by atoms with Gasteiger partial charge < -0.3 is 14.4 Å². The lowest BCUT2D eigenvalue weighted by atomic mass is 9.97. The minimum absolute atomic E-state index is 0.128. The molecule has 5 heteroatoms. The zero-order chi connectivity index (χ0) is 15.0. The lowest BCUT2D eigenvalue weighted by Gasteiger charge is -2.30. The van der Waals surface area contributed by atoms with Crippen molar-refractivity contribution in [1.29, 1.82) is 0 Å². The van der Waals surface area contributed by atoms with Gasteiger partial charge in [0.2, 0.25) is 0 Å². The summed E-state index contributed by atoms with van der Waals surface area (Å²) in [5.74, 6) is -0.128. The van der Waals surface area contributed by atoms with Crippen LogP contribution in [0, 0.1) is 0 Å². The van der Waals surface area contributed by atoms with E-state index >= 15 is 0 Å². The highest BCUT2D eigenvalue weighted by atomic mass is 16.5. The Bertz CT molecular complexity index is 295. The minimum atomic E-state index is -0.563. The van der Waals surface area contributed by atoms with Gasteiger partial charge in [-0.1, -0.05) is 0 Å². The first kappa shape index (κ1) is 17.4. The van der Waals surface area contributed by atoms with Gasteiger partial charge in [-0.25, -0.2) is 0 Å². The summed E-state index contributed by atoms with van der Waals surface area (Å²) in [4.78, 5) is 14.4. The van der Waals surface area contributed by atoms with E-state index in [9.17, 15) is 4.79 Å². The van der Waals surface area contributed by atoms with Crippen molar-refractivity contribution in [3.63, 3.8) is 0 Å². The molecule has 1 rings (SSSR count). The third kappa shape index (κ3) is 6.20. The SMILES string of the molecule is CCOC(=O)C(C)(CCN(C)CCCOC)NC1CC1. The van der Waals surface area contributed by atoms with Crippen LogP contribution in [-0.4, -0.2) is 62.9 Å². The fourth-order valence-electron chi connectivity index (χ4n) is 2.21. The van der Waals surface area contributed by atoms with Crippen LogP contribution in [0.3, 0.4) is 0 Å². The zero-order valence-electron chi connectivity index (χ0n) is 13.4. The molecule has 0 bridgehead atoms. The van der Waals surface area contributed by atoms with Crippen LogP contribution in [-0.2, 0) is 14.3 Å². The molecule has 0 aromatic carbocycles. The van der Waals surface area contributed by atoms with Crippen LogP contribution < -0.4 is 5.32 Å². The van der Waals surface area contributed by atoms with Crippen molar-refractivity contribution in [2.24, 2.45) is 0 Å². The maximum Gasteiger partial charge on any atom is 0.326 e. The van der Waals surface area contributed by atoms with E-state index in [1.165, 1.54) is 12.8 Å². The second kappa shape index (κ2) is 8.60. The molecule has 1 unspecified atom stereocenters. The number of hydrogen-bond acceptors (Lipinski definition) is 5. The molecule has 118 valence electrons. The topological polar surface area (TPSA) is 50.8 Å². The van der Waals surface area contributed by atoms with Crippen LogP contribution in [0.5, 0.6) is 0 Å². The lowest BCUT2D eigenvalue weighted by molar-refractivity contribution is -0.151. The second-order valence-electron chi connectivity index (χ2n) is 5.87. The molecule has 1 aliphatic rings. The molecular formula is C15H30N2O3. The third-order valence-corrected chi connectivity index (χ3v) is 3.71. The number of carbonyl (C=O) groups excluding carboxylic acids is 1. The smallest absolute Gasteiger partial charge is 0.326 e. The predicted molar refractivity (Wildman–Crippen MR) is 79.8 cm³/mol. The highest BCUT2D eigenvalue weighted by Gasteiger charge is 2.39. The largest absolute Gasteiger partial charge is 0.465 e. The molecule has 5 nitrogen and oxygen atoms in total. The van der Waals surface area contributed by atoms with Crippen molar-refractivity contribution in [1.82, 2.24) is 10.2 Å². The van der Waals surface area contributed by atoms with Gasteiger partial charge in [0, 0.05) is 32.8 Å². The monoisotopic (exact) mass is 286 g/mol. The minimum Gasteiger partial charge on any atom is -0.465 e. The molecule has 0 saturated heterocycles. The van der Waals surface area contributed by atoms with Crippen LogP contribution in [0.15, 0.2) is 0 Å². The number of rotatable bonds is 11. The van der Waals surface area contributed by atoms with Crippen molar-refractivity contribution in [2.75, 3.05) is 40.5 Å². The van der Waals surface area contributed by atoms with Gasteiger partial charge in [0.25, 0.3) is 0 Å². The number of carbonyl (C=O) groups is 1. The van der Waals surface area contributed by atoms with Crippen molar-refractivity contribution in [2.45, 2.75) is 51.1 Å². The summed E-state index contributed by atoms with van der Waals surface area (Å²) in [6.45, 7) is 6.89. The number of methoxy groups -OCH3 is 1. The summed E-state index contributed by atoms with van der Waals surface area (Å²) in [5.41, 5.74) is -0.563. The van der Waals surface area contributed by atoms with Gasteiger partial charge in [0.05, 0.1) is 6.61 Å². The van der Waals surface area contributed by atoms with Crippen molar-refractivity contribution >= 4 is 5.97 Å². The average Bonchev–Trinajstić information content (AvgIpc) is 3.21. The van der Waals surface area contributed by atoms with E-state index in [0.29, 0.717) is 12.6 Å². The standard InChI is InChI=1S/C15H30N2O3/c1-5-20-14(18)15(2,16-13-7-8-13)9-11-17(3)10-6-12-19-4/h13,16H,5-12H2,1-4H3. The van der Waals surface area contributed by atoms with Crippen molar-refractivity contribution < 1.29 is 14.3 Å². The Morgan fingerprint density at radius 2 is 2.10 bits per heavy atom. The normalized spacial score (nSPS) is 18.1. The summed E-state index contributed by atoms with van der Waals surface area (Å²) in [5, 5.41) is 3.45. The van der Waals surface area contributed by atoms with Gasteiger partial charge in [-0.2, -0.15) is 0 Å². The molecule has 1 fully saturated rings. The summed E-state index contributed by atoms with van der Waals surface area (Å²) >= 11 is 0. The van der Waals surface area contributed by atoms with E-state index in [0.717, 1.165) is 32.5 Å². The van der Waals surface area contributed by atoms with Gasteiger partial charge in [-0.3, -0.25) is 10.1 Å². The Balaban J connectivity index is 2.40. The molecule has 1 atom stereocenters. The summed E-state index contributed by atoms with van der Waals surface area (Å²) in [7, 11) is 3.80. The zero-order valence-corrected chi connectivity index (χ0v) is 13.4. The molecule has 20 heavy (non-hydrogen) atoms. The quantitative estimate of drug-likeness (QED) is 0.460. The Morgan fingerprint density at radius 1 is 1.40 bits per heavy atom. The van der Waals surface area contributed by atoms with Crippen molar-refractivity contribution in [3.8, 4) is 0 Å². The van der Waals surface area contributed by atoms with Gasteiger partial charge in [-0.05, 0) is 46.6 Å². The lowest BCUT2D eigenvalue weighted by Crippen LogP contribution is -2.53. The molecule has 0 amide bonds. The Kier molecular flexibility index (Phi) is 7.48. The van der Waals surface area contributed by atoms with Gasteiger partial charge in [0.15, 0.2) is 0 Å². The first-order chi connectivity index (χ1) is 9.51. The Hall–Kier alpha value is -0.650. The molecule has 1 aliphatic carbocycles. The van der Waals surface area contributed by atoms with E-state index in [-0.39, 0.29) is 5.97 Å². The van der Waals surface area contributed by atoms with E-state index in [1.807, 2.05) is 13.8 Å².